The summed E-state index contributed by atoms with van der Waals surface area (Å²) in [6.07, 6.45) is 2.82. The van der Waals surface area contributed by atoms with Crippen LogP contribution in [0.1, 0.15) is 16.7 Å². The van der Waals surface area contributed by atoms with Gasteiger partial charge in [-0.2, -0.15) is 0 Å². The van der Waals surface area contributed by atoms with Gasteiger partial charge in [0.2, 0.25) is 0 Å². The zero-order valence-electron chi connectivity index (χ0n) is 15.3. The lowest BCUT2D eigenvalue weighted by Gasteiger charge is -2.12. The summed E-state index contributed by atoms with van der Waals surface area (Å²) < 4.78 is 7.52. The van der Waals surface area contributed by atoms with Crippen LogP contribution in [0.15, 0.2) is 75.8 Å². The number of hydrogen-bond acceptors (Lipinski definition) is 2. The number of fused-ring (bicyclic) bond motifs is 1. The summed E-state index contributed by atoms with van der Waals surface area (Å²) in [6.45, 7) is 0. The Morgan fingerprint density at radius 3 is 2.38 bits per heavy atom. The molecule has 146 valence electrons. The number of ether oxygens (including phenoxy) is 1. The number of aromatic amines is 1. The molecule has 29 heavy (non-hydrogen) atoms. The Morgan fingerprint density at radius 2 is 1.69 bits per heavy atom. The second-order valence-corrected chi connectivity index (χ2v) is 8.45. The van der Waals surface area contributed by atoms with Crippen molar-refractivity contribution in [1.82, 2.24) is 4.98 Å². The molecular weight excluding hydrogens is 498 g/mol. The number of rotatable bonds is 6. The van der Waals surface area contributed by atoms with E-state index in [0.29, 0.717) is 26.0 Å². The highest BCUT2D eigenvalue weighted by Gasteiger charge is 2.13. The van der Waals surface area contributed by atoms with Crippen LogP contribution in [0.25, 0.3) is 10.9 Å². The van der Waals surface area contributed by atoms with Gasteiger partial charge in [0.05, 0.1) is 15.4 Å². The first kappa shape index (κ1) is 19.7. The number of carboxylic acid groups (broad SMARTS) is 1. The van der Waals surface area contributed by atoms with Crippen molar-refractivity contribution < 1.29 is 14.6 Å². The maximum atomic E-state index is 11.0. The van der Waals surface area contributed by atoms with E-state index in [2.05, 4.69) is 49.0 Å². The van der Waals surface area contributed by atoms with Crippen molar-refractivity contribution in [1.29, 1.82) is 0 Å². The lowest BCUT2D eigenvalue weighted by atomic mass is 10.0. The number of benzene rings is 3. The Morgan fingerprint density at radius 1 is 0.966 bits per heavy atom. The topological polar surface area (TPSA) is 62.3 Å². The van der Waals surface area contributed by atoms with E-state index in [-0.39, 0.29) is 6.42 Å². The SMILES string of the molecule is O=C(O)Cc1cc(Br)c(Oc2ccc3[nH]cc(Cc4ccccc4)c3c2)c(Br)c1. The lowest BCUT2D eigenvalue weighted by molar-refractivity contribution is -0.136. The number of carboxylic acids is 1. The Balaban J connectivity index is 1.63. The van der Waals surface area contributed by atoms with E-state index >= 15 is 0 Å². The minimum Gasteiger partial charge on any atom is -0.481 e. The molecule has 0 saturated heterocycles. The smallest absolute Gasteiger partial charge is 0.307 e. The van der Waals surface area contributed by atoms with Gasteiger partial charge in [-0.25, -0.2) is 0 Å². The fraction of sp³-hybridized carbons (Fsp3) is 0.0870. The van der Waals surface area contributed by atoms with Crippen molar-refractivity contribution in [2.45, 2.75) is 12.8 Å². The van der Waals surface area contributed by atoms with Gasteiger partial charge in [-0.3, -0.25) is 4.79 Å². The van der Waals surface area contributed by atoms with Crippen LogP contribution in [0, 0.1) is 0 Å². The van der Waals surface area contributed by atoms with Gasteiger partial charge >= 0.3 is 5.97 Å². The summed E-state index contributed by atoms with van der Waals surface area (Å²) in [6, 6.07) is 19.8. The first-order chi connectivity index (χ1) is 14.0. The molecule has 0 aliphatic carbocycles. The van der Waals surface area contributed by atoms with Crippen molar-refractivity contribution in [3.63, 3.8) is 0 Å². The molecule has 1 heterocycles. The van der Waals surface area contributed by atoms with Crippen LogP contribution in [0.5, 0.6) is 11.5 Å². The van der Waals surface area contributed by atoms with Crippen LogP contribution < -0.4 is 4.74 Å². The molecule has 0 aliphatic heterocycles. The molecule has 4 nitrogen and oxygen atoms in total. The molecule has 0 amide bonds. The van der Waals surface area contributed by atoms with Crippen molar-refractivity contribution in [2.75, 3.05) is 0 Å². The number of hydrogen-bond donors (Lipinski definition) is 2. The maximum absolute atomic E-state index is 11.0. The number of aromatic nitrogens is 1. The van der Waals surface area contributed by atoms with Gasteiger partial charge in [0.15, 0.2) is 5.75 Å². The van der Waals surface area contributed by atoms with Crippen LogP contribution in [0.4, 0.5) is 0 Å². The summed E-state index contributed by atoms with van der Waals surface area (Å²) in [5.74, 6) is 0.443. The maximum Gasteiger partial charge on any atom is 0.307 e. The summed E-state index contributed by atoms with van der Waals surface area (Å²) in [4.78, 5) is 14.3. The summed E-state index contributed by atoms with van der Waals surface area (Å²) in [5, 5.41) is 10.1. The van der Waals surface area contributed by atoms with Gasteiger partial charge in [-0.15, -0.1) is 0 Å². The van der Waals surface area contributed by atoms with Crippen LogP contribution in [-0.2, 0) is 17.6 Å². The second kappa shape index (κ2) is 8.43. The molecule has 2 N–H and O–H groups in total. The Kier molecular flexibility index (Phi) is 5.74. The number of nitrogens with one attached hydrogen (secondary N) is 1. The Bertz CT molecular complexity index is 1160. The van der Waals surface area contributed by atoms with Crippen molar-refractivity contribution >= 4 is 48.7 Å². The molecular formula is C23H17Br2NO3. The van der Waals surface area contributed by atoms with E-state index in [1.165, 1.54) is 11.1 Å². The zero-order chi connectivity index (χ0) is 20.4. The van der Waals surface area contributed by atoms with Gasteiger partial charge < -0.3 is 14.8 Å². The number of H-pyrrole nitrogens is 1. The highest BCUT2D eigenvalue weighted by molar-refractivity contribution is 9.11. The van der Waals surface area contributed by atoms with Crippen molar-refractivity contribution in [3.05, 3.63) is 92.5 Å². The third-order valence-electron chi connectivity index (χ3n) is 4.61. The number of halogens is 2. The molecule has 0 aliphatic rings. The third-order valence-corrected chi connectivity index (χ3v) is 5.79. The summed E-state index contributed by atoms with van der Waals surface area (Å²) in [7, 11) is 0. The molecule has 0 spiro atoms. The molecule has 1 aromatic heterocycles. The second-order valence-electron chi connectivity index (χ2n) is 6.74. The van der Waals surface area contributed by atoms with E-state index in [4.69, 9.17) is 9.84 Å². The van der Waals surface area contributed by atoms with Gasteiger partial charge in [-0.05, 0) is 85.3 Å². The van der Waals surface area contributed by atoms with Crippen LogP contribution in [-0.4, -0.2) is 16.1 Å². The van der Waals surface area contributed by atoms with Crippen molar-refractivity contribution in [2.24, 2.45) is 0 Å². The van der Waals surface area contributed by atoms with Gasteiger partial charge in [0, 0.05) is 17.1 Å². The molecule has 4 aromatic rings. The zero-order valence-corrected chi connectivity index (χ0v) is 18.5. The minimum atomic E-state index is -0.874. The molecule has 6 heteroatoms. The molecule has 0 saturated carbocycles. The lowest BCUT2D eigenvalue weighted by Crippen LogP contribution is -2.00. The summed E-state index contributed by atoms with van der Waals surface area (Å²) >= 11 is 6.98. The highest BCUT2D eigenvalue weighted by atomic mass is 79.9. The van der Waals surface area contributed by atoms with Crippen molar-refractivity contribution in [3.8, 4) is 11.5 Å². The summed E-state index contributed by atoms with van der Waals surface area (Å²) in [5.41, 5.74) is 4.19. The third kappa shape index (κ3) is 4.54. The van der Waals surface area contributed by atoms with E-state index in [0.717, 1.165) is 17.3 Å². The fourth-order valence-electron chi connectivity index (χ4n) is 3.29. The molecule has 0 radical (unpaired) electrons. The molecule has 3 aromatic carbocycles. The van der Waals surface area contributed by atoms with E-state index in [1.54, 1.807) is 12.1 Å². The predicted molar refractivity (Wildman–Crippen MR) is 121 cm³/mol. The normalized spacial score (nSPS) is 11.0. The highest BCUT2D eigenvalue weighted by Crippen LogP contribution is 2.39. The minimum absolute atomic E-state index is 0.0460. The standard InChI is InChI=1S/C23H17Br2NO3/c24-19-9-15(11-22(27)28)10-20(25)23(19)29-17-6-7-21-18(12-17)16(13-26-21)8-14-4-2-1-3-5-14/h1-7,9-10,12-13,26H,8,11H2,(H,27,28). The van der Waals surface area contributed by atoms with E-state index < -0.39 is 5.97 Å². The fourth-order valence-corrected chi connectivity index (χ4v) is 4.73. The average molecular weight is 515 g/mol. The number of aliphatic carboxylic acids is 1. The van der Waals surface area contributed by atoms with Gasteiger partial charge in [-0.1, -0.05) is 30.3 Å². The van der Waals surface area contributed by atoms with Crippen LogP contribution >= 0.6 is 31.9 Å². The van der Waals surface area contributed by atoms with E-state index in [9.17, 15) is 4.79 Å². The first-order valence-electron chi connectivity index (χ1n) is 9.01. The molecule has 4 rings (SSSR count). The average Bonchev–Trinajstić information content (AvgIpc) is 3.07. The van der Waals surface area contributed by atoms with Gasteiger partial charge in [0.1, 0.15) is 5.75 Å². The molecule has 0 bridgehead atoms. The largest absolute Gasteiger partial charge is 0.481 e. The first-order valence-corrected chi connectivity index (χ1v) is 10.6. The Hall–Kier alpha value is -2.57. The molecule has 0 unspecified atom stereocenters. The quantitative estimate of drug-likeness (QED) is 0.301. The number of carbonyl (C=O) groups is 1. The molecule has 0 fully saturated rings. The van der Waals surface area contributed by atoms with Crippen LogP contribution in [0.3, 0.4) is 0 Å². The Labute approximate surface area is 184 Å². The molecule has 0 atom stereocenters. The van der Waals surface area contributed by atoms with E-state index in [1.807, 2.05) is 42.6 Å². The predicted octanol–water partition coefficient (Wildman–Crippen LogP) is 6.70. The monoisotopic (exact) mass is 513 g/mol. The van der Waals surface area contributed by atoms with Gasteiger partial charge in [0.25, 0.3) is 0 Å². The van der Waals surface area contributed by atoms with Crippen LogP contribution in [0.2, 0.25) is 0 Å².